The molecule has 2 aliphatic heterocycles. The number of hydrogen-bond donors (Lipinski definition) is 4. The van der Waals surface area contributed by atoms with Crippen LogP contribution in [0.5, 0.6) is 0 Å². The average molecular weight is 689 g/mol. The number of nitrogens with one attached hydrogen (secondary N) is 1. The van der Waals surface area contributed by atoms with Gasteiger partial charge in [0.15, 0.2) is 24.1 Å². The SMILES string of the molecule is CO[C@H]1C(O[P@](=O)(O[C@H]2O[C@@H](n3cnc4c(N)ccnc43)CC2O)SCOC(=O)OC(C)C)[C@@H](CO)O[C@H]1n1ccc(=O)[nH]c1=O. The molecular formula is C25H33N6O13PS. The predicted molar refractivity (Wildman–Crippen MR) is 158 cm³/mol. The number of nitrogen functional groups attached to an aromatic ring is 1. The van der Waals surface area contributed by atoms with Gasteiger partial charge in [-0.05, 0) is 19.9 Å². The number of aromatic nitrogens is 5. The highest BCUT2D eigenvalue weighted by Gasteiger charge is 2.52. The third kappa shape index (κ3) is 7.29. The molecule has 19 nitrogen and oxygen atoms in total. The number of methoxy groups -OCH3 is 1. The third-order valence-corrected chi connectivity index (χ3v) is 10.2. The second-order valence-electron chi connectivity index (χ2n) is 10.4. The van der Waals surface area contributed by atoms with E-state index in [9.17, 15) is 29.2 Å². The molecule has 0 amide bonds. The molecule has 3 aromatic rings. The van der Waals surface area contributed by atoms with Crippen molar-refractivity contribution < 1.29 is 52.3 Å². The summed E-state index contributed by atoms with van der Waals surface area (Å²) in [5, 5.41) is 21.0. The fraction of sp³-hybridized carbons (Fsp3) is 0.560. The minimum absolute atomic E-state index is 0.0296. The molecular weight excluding hydrogens is 655 g/mol. The molecule has 0 saturated carbocycles. The number of carbonyl (C=O) groups is 1. The monoisotopic (exact) mass is 688 g/mol. The van der Waals surface area contributed by atoms with Crippen LogP contribution in [0.15, 0.2) is 40.4 Å². The number of imidazole rings is 1. The topological polar surface area (TPSA) is 251 Å². The lowest BCUT2D eigenvalue weighted by Gasteiger charge is -2.28. The van der Waals surface area contributed by atoms with Crippen molar-refractivity contribution >= 4 is 41.2 Å². The van der Waals surface area contributed by atoms with Crippen LogP contribution < -0.4 is 17.0 Å². The van der Waals surface area contributed by atoms with E-state index in [0.717, 1.165) is 10.6 Å². The van der Waals surface area contributed by atoms with Crippen LogP contribution in [0, 0.1) is 0 Å². The van der Waals surface area contributed by atoms with Crippen LogP contribution >= 0.6 is 18.2 Å². The van der Waals surface area contributed by atoms with Gasteiger partial charge in [0.05, 0.1) is 24.7 Å². The van der Waals surface area contributed by atoms with Crippen LogP contribution in [-0.2, 0) is 37.3 Å². The number of fused-ring (bicyclic) bond motifs is 1. The Balaban J connectivity index is 1.39. The van der Waals surface area contributed by atoms with Gasteiger partial charge in [-0.1, -0.05) is 0 Å². The van der Waals surface area contributed by atoms with Gasteiger partial charge in [-0.25, -0.2) is 24.1 Å². The van der Waals surface area contributed by atoms with Gasteiger partial charge >= 0.3 is 18.6 Å². The van der Waals surface area contributed by atoms with E-state index in [-0.39, 0.29) is 6.42 Å². The molecule has 46 heavy (non-hydrogen) atoms. The number of aliphatic hydroxyl groups excluding tert-OH is 2. The lowest BCUT2D eigenvalue weighted by atomic mass is 10.1. The van der Waals surface area contributed by atoms with Crippen molar-refractivity contribution in [3.8, 4) is 0 Å². The van der Waals surface area contributed by atoms with Crippen LogP contribution in [0.25, 0.3) is 11.2 Å². The fourth-order valence-electron chi connectivity index (χ4n) is 4.87. The van der Waals surface area contributed by atoms with Gasteiger partial charge in [-0.3, -0.25) is 28.0 Å². The van der Waals surface area contributed by atoms with Gasteiger partial charge in [0.1, 0.15) is 36.2 Å². The Labute approximate surface area is 264 Å². The minimum Gasteiger partial charge on any atom is -0.432 e. The van der Waals surface area contributed by atoms with E-state index < -0.39 is 86.0 Å². The first-order valence-corrected chi connectivity index (χ1v) is 17.0. The van der Waals surface area contributed by atoms with Gasteiger partial charge in [0.2, 0.25) is 0 Å². The zero-order valence-corrected chi connectivity index (χ0v) is 26.4. The van der Waals surface area contributed by atoms with Crippen molar-refractivity contribution in [1.82, 2.24) is 24.1 Å². The van der Waals surface area contributed by atoms with E-state index in [4.69, 9.17) is 38.5 Å². The Morgan fingerprint density at radius 2 is 2.00 bits per heavy atom. The number of carbonyl (C=O) groups excluding carboxylic acids is 1. The first-order valence-electron chi connectivity index (χ1n) is 13.9. The summed E-state index contributed by atoms with van der Waals surface area (Å²) in [5.41, 5.74) is 5.67. The van der Waals surface area contributed by atoms with Crippen molar-refractivity contribution in [2.45, 2.75) is 69.5 Å². The molecule has 0 aliphatic carbocycles. The van der Waals surface area contributed by atoms with Crippen molar-refractivity contribution in [1.29, 1.82) is 0 Å². The quantitative estimate of drug-likeness (QED) is 0.117. The summed E-state index contributed by atoms with van der Waals surface area (Å²) >= 11 is 0.426. The van der Waals surface area contributed by atoms with Gasteiger partial charge in [0.25, 0.3) is 5.56 Å². The number of pyridine rings is 1. The van der Waals surface area contributed by atoms with Gasteiger partial charge in [-0.15, -0.1) is 0 Å². The molecule has 0 aromatic carbocycles. The number of H-pyrrole nitrogens is 1. The lowest BCUT2D eigenvalue weighted by Crippen LogP contribution is -2.40. The van der Waals surface area contributed by atoms with Crippen molar-refractivity contribution in [2.24, 2.45) is 0 Å². The summed E-state index contributed by atoms with van der Waals surface area (Å²) in [4.78, 5) is 46.7. The first-order chi connectivity index (χ1) is 21.9. The number of nitrogens with two attached hydrogens (primary N) is 1. The molecule has 3 aromatic heterocycles. The van der Waals surface area contributed by atoms with Crippen molar-refractivity contribution in [3.05, 3.63) is 51.7 Å². The average Bonchev–Trinajstić information content (AvgIpc) is 3.68. The number of aliphatic hydroxyl groups is 2. The van der Waals surface area contributed by atoms with Gasteiger partial charge < -0.3 is 39.6 Å². The van der Waals surface area contributed by atoms with Crippen LogP contribution in [0.3, 0.4) is 0 Å². The molecule has 0 bridgehead atoms. The fourth-order valence-corrected chi connectivity index (χ4v) is 7.78. The standard InChI is InChI=1S/C25H33N6O13PS/c1-12(2)40-25(36)39-11-46-45(37,43-19-15(9-32)41-22(20(19)38-3)30-7-5-16(34)29-24(30)35)44-23-14(33)8-17(42-23)31-10-28-18-13(26)4-6-27-21(18)31/h4-7,10,12,14-15,17,19-20,22-23,32-33H,8-9,11H2,1-3H3,(H2,26,27)(H,29,34,35)/t14?,15-,17-,19?,20+,22-,23-,45-/m1/s1. The summed E-state index contributed by atoms with van der Waals surface area (Å²) in [5.74, 6) is -0.581. The third-order valence-electron chi connectivity index (χ3n) is 6.92. The predicted octanol–water partition coefficient (Wildman–Crippen LogP) is 0.837. The first kappa shape index (κ1) is 34.0. The molecule has 8 atom stereocenters. The Bertz CT molecular complexity index is 1700. The highest BCUT2D eigenvalue weighted by atomic mass is 32.7. The molecule has 0 radical (unpaired) electrons. The highest BCUT2D eigenvalue weighted by Crippen LogP contribution is 2.64. The van der Waals surface area contributed by atoms with Crippen LogP contribution in [0.1, 0.15) is 32.7 Å². The summed E-state index contributed by atoms with van der Waals surface area (Å²) < 4.78 is 55.8. The number of ether oxygens (including phenoxy) is 5. The summed E-state index contributed by atoms with van der Waals surface area (Å²) in [6.07, 6.45) is -6.18. The molecule has 2 fully saturated rings. The zero-order valence-electron chi connectivity index (χ0n) is 24.7. The lowest BCUT2D eigenvalue weighted by molar-refractivity contribution is -0.131. The molecule has 252 valence electrons. The van der Waals surface area contributed by atoms with E-state index in [0.29, 0.717) is 28.2 Å². The summed E-state index contributed by atoms with van der Waals surface area (Å²) in [6, 6.07) is 2.66. The Morgan fingerprint density at radius 1 is 1.22 bits per heavy atom. The number of hydrogen-bond acceptors (Lipinski definition) is 17. The van der Waals surface area contributed by atoms with Crippen molar-refractivity contribution in [3.63, 3.8) is 0 Å². The maximum Gasteiger partial charge on any atom is 0.509 e. The number of nitrogens with zero attached hydrogens (tertiary/aromatic N) is 4. The normalized spacial score (nSPS) is 27.7. The van der Waals surface area contributed by atoms with E-state index in [1.54, 1.807) is 19.9 Å². The van der Waals surface area contributed by atoms with E-state index >= 15 is 0 Å². The van der Waals surface area contributed by atoms with Crippen LogP contribution in [-0.4, -0.2) is 96.9 Å². The number of aromatic amines is 1. The number of rotatable bonds is 12. The Morgan fingerprint density at radius 3 is 2.70 bits per heavy atom. The molecule has 2 saturated heterocycles. The van der Waals surface area contributed by atoms with Crippen LogP contribution in [0.2, 0.25) is 0 Å². The molecule has 2 aliphatic rings. The van der Waals surface area contributed by atoms with Gasteiger partial charge in [-0.2, -0.15) is 0 Å². The Hall–Kier alpha value is -3.33. The second-order valence-corrected chi connectivity index (χ2v) is 14.3. The summed E-state index contributed by atoms with van der Waals surface area (Å²) in [6.45, 7) is -1.97. The molecule has 5 N–H and O–H groups in total. The minimum atomic E-state index is -4.52. The maximum absolute atomic E-state index is 14.3. The van der Waals surface area contributed by atoms with E-state index in [1.165, 1.54) is 30.4 Å². The molecule has 0 spiro atoms. The van der Waals surface area contributed by atoms with E-state index in [2.05, 4.69) is 15.0 Å². The van der Waals surface area contributed by atoms with Crippen molar-refractivity contribution in [2.75, 3.05) is 25.4 Å². The molecule has 5 rings (SSSR count). The van der Waals surface area contributed by atoms with Crippen LogP contribution in [0.4, 0.5) is 10.5 Å². The molecule has 5 heterocycles. The summed E-state index contributed by atoms with van der Waals surface area (Å²) in [7, 11) is 1.27. The van der Waals surface area contributed by atoms with Gasteiger partial charge in [0, 0.05) is 43.4 Å². The number of anilines is 1. The maximum atomic E-state index is 14.3. The zero-order chi connectivity index (χ0) is 33.2. The second kappa shape index (κ2) is 14.2. The highest BCUT2D eigenvalue weighted by molar-refractivity contribution is 8.55. The molecule has 2 unspecified atom stereocenters. The smallest absolute Gasteiger partial charge is 0.432 e. The largest absolute Gasteiger partial charge is 0.509 e. The Kier molecular flexibility index (Phi) is 10.5. The van der Waals surface area contributed by atoms with E-state index in [1.807, 2.05) is 0 Å². The molecule has 21 heteroatoms.